The second-order valence-corrected chi connectivity index (χ2v) is 8.94. The molecule has 0 radical (unpaired) electrons. The average molecular weight is 439 g/mol. The van der Waals surface area contributed by atoms with Crippen molar-refractivity contribution in [2.24, 2.45) is 0 Å². The van der Waals surface area contributed by atoms with Gasteiger partial charge in [0, 0.05) is 56.3 Å². The highest BCUT2D eigenvalue weighted by Crippen LogP contribution is 2.34. The van der Waals surface area contributed by atoms with E-state index in [9.17, 15) is 9.59 Å². The van der Waals surface area contributed by atoms with Crippen LogP contribution in [0.15, 0.2) is 59.5 Å². The van der Waals surface area contributed by atoms with E-state index in [-0.39, 0.29) is 11.8 Å². The first kappa shape index (κ1) is 21.7. The van der Waals surface area contributed by atoms with E-state index >= 15 is 0 Å². The first-order valence-electron chi connectivity index (χ1n) is 11.0. The van der Waals surface area contributed by atoms with Gasteiger partial charge in [0.15, 0.2) is 0 Å². The minimum absolute atomic E-state index is 0.0115. The van der Waals surface area contributed by atoms with Crippen LogP contribution in [0.5, 0.6) is 0 Å². The summed E-state index contributed by atoms with van der Waals surface area (Å²) in [6.45, 7) is 6.30. The Bertz CT molecular complexity index is 884. The smallest absolute Gasteiger partial charge is 0.237 e. The molecule has 0 aromatic heterocycles. The molecule has 2 aromatic rings. The van der Waals surface area contributed by atoms with Gasteiger partial charge in [0.2, 0.25) is 11.8 Å². The van der Waals surface area contributed by atoms with E-state index in [1.54, 1.807) is 16.7 Å². The zero-order valence-corrected chi connectivity index (χ0v) is 18.7. The molecule has 31 heavy (non-hydrogen) atoms. The molecule has 164 valence electrons. The standard InChI is InChI=1S/C24H30N4O2S/c29-23(11-14-28-21-9-4-5-10-22(21)31-19-24(28)30)25-12-6-13-26-15-17-27(18-16-26)20-7-2-1-3-8-20/h1-5,7-10H,6,11-19H2,(H,25,29). The van der Waals surface area contributed by atoms with Crippen molar-refractivity contribution in [2.75, 3.05) is 61.4 Å². The third-order valence-electron chi connectivity index (χ3n) is 5.84. The van der Waals surface area contributed by atoms with Crippen LogP contribution in [-0.2, 0) is 9.59 Å². The molecule has 1 N–H and O–H groups in total. The fourth-order valence-corrected chi connectivity index (χ4v) is 5.04. The Kier molecular flexibility index (Phi) is 7.48. The number of thioether (sulfide) groups is 1. The summed E-state index contributed by atoms with van der Waals surface area (Å²) in [5.41, 5.74) is 2.22. The number of anilines is 2. The number of rotatable bonds is 8. The summed E-state index contributed by atoms with van der Waals surface area (Å²) in [6.07, 6.45) is 1.28. The Labute approximate surface area is 188 Å². The molecule has 7 heteroatoms. The molecule has 0 atom stereocenters. The van der Waals surface area contributed by atoms with Crippen LogP contribution < -0.4 is 15.1 Å². The van der Waals surface area contributed by atoms with E-state index in [2.05, 4.69) is 45.4 Å². The Morgan fingerprint density at radius 2 is 1.68 bits per heavy atom. The van der Waals surface area contributed by atoms with E-state index in [1.165, 1.54) is 5.69 Å². The number of para-hydroxylation sites is 2. The number of amides is 2. The van der Waals surface area contributed by atoms with Crippen molar-refractivity contribution >= 4 is 35.0 Å². The van der Waals surface area contributed by atoms with Gasteiger partial charge in [-0.3, -0.25) is 14.5 Å². The minimum Gasteiger partial charge on any atom is -0.369 e. The quantitative estimate of drug-likeness (QED) is 0.643. The van der Waals surface area contributed by atoms with Crippen molar-refractivity contribution in [1.29, 1.82) is 0 Å². The van der Waals surface area contributed by atoms with Gasteiger partial charge < -0.3 is 15.1 Å². The highest BCUT2D eigenvalue weighted by molar-refractivity contribution is 8.00. The number of piperazine rings is 1. The molecule has 6 nitrogen and oxygen atoms in total. The van der Waals surface area contributed by atoms with Gasteiger partial charge in [-0.2, -0.15) is 0 Å². The maximum absolute atomic E-state index is 12.3. The first-order chi connectivity index (χ1) is 15.2. The highest BCUT2D eigenvalue weighted by atomic mass is 32.2. The number of carbonyl (C=O) groups excluding carboxylic acids is 2. The van der Waals surface area contributed by atoms with Crippen LogP contribution in [0.25, 0.3) is 0 Å². The summed E-state index contributed by atoms with van der Waals surface area (Å²) in [5.74, 6) is 0.527. The van der Waals surface area contributed by atoms with Crippen LogP contribution in [0.2, 0.25) is 0 Å². The lowest BCUT2D eigenvalue weighted by Gasteiger charge is -2.36. The number of hydrogen-bond donors (Lipinski definition) is 1. The number of nitrogens with zero attached hydrogens (tertiary/aromatic N) is 3. The fourth-order valence-electron chi connectivity index (χ4n) is 4.10. The molecule has 2 aromatic carbocycles. The van der Waals surface area contributed by atoms with Crippen molar-refractivity contribution in [3.8, 4) is 0 Å². The molecule has 0 aliphatic carbocycles. The van der Waals surface area contributed by atoms with Crippen LogP contribution in [0, 0.1) is 0 Å². The molecule has 2 heterocycles. The van der Waals surface area contributed by atoms with Gasteiger partial charge in [0.25, 0.3) is 0 Å². The van der Waals surface area contributed by atoms with E-state index in [0.29, 0.717) is 25.3 Å². The summed E-state index contributed by atoms with van der Waals surface area (Å²) in [6, 6.07) is 18.5. The highest BCUT2D eigenvalue weighted by Gasteiger charge is 2.24. The third-order valence-corrected chi connectivity index (χ3v) is 6.89. The molecular weight excluding hydrogens is 408 g/mol. The zero-order chi connectivity index (χ0) is 21.5. The van der Waals surface area contributed by atoms with Crippen molar-refractivity contribution in [2.45, 2.75) is 17.7 Å². The van der Waals surface area contributed by atoms with Gasteiger partial charge in [-0.15, -0.1) is 11.8 Å². The molecule has 0 saturated carbocycles. The van der Waals surface area contributed by atoms with Crippen molar-refractivity contribution in [3.63, 3.8) is 0 Å². The largest absolute Gasteiger partial charge is 0.369 e. The maximum Gasteiger partial charge on any atom is 0.237 e. The predicted molar refractivity (Wildman–Crippen MR) is 127 cm³/mol. The van der Waals surface area contributed by atoms with E-state index in [0.717, 1.165) is 49.7 Å². The Morgan fingerprint density at radius 3 is 2.48 bits per heavy atom. The molecule has 2 aliphatic heterocycles. The zero-order valence-electron chi connectivity index (χ0n) is 17.8. The number of nitrogens with one attached hydrogen (secondary N) is 1. The van der Waals surface area contributed by atoms with Crippen LogP contribution in [-0.4, -0.2) is 68.3 Å². The Hall–Kier alpha value is -2.51. The third kappa shape index (κ3) is 5.80. The average Bonchev–Trinajstić information content (AvgIpc) is 2.82. The fraction of sp³-hybridized carbons (Fsp3) is 0.417. The van der Waals surface area contributed by atoms with Crippen LogP contribution in [0.1, 0.15) is 12.8 Å². The normalized spacial score (nSPS) is 16.8. The summed E-state index contributed by atoms with van der Waals surface area (Å²) in [7, 11) is 0. The summed E-state index contributed by atoms with van der Waals surface area (Å²) in [4.78, 5) is 32.3. The molecule has 2 amide bonds. The van der Waals surface area contributed by atoms with Gasteiger partial charge in [-0.05, 0) is 37.2 Å². The molecule has 0 spiro atoms. The SMILES string of the molecule is O=C(CCN1C(=O)CSc2ccccc21)NCCCN1CCN(c2ccccc2)CC1. The number of carbonyl (C=O) groups is 2. The minimum atomic E-state index is 0.0115. The molecule has 2 aliphatic rings. The maximum atomic E-state index is 12.3. The van der Waals surface area contributed by atoms with Crippen LogP contribution in [0.4, 0.5) is 11.4 Å². The predicted octanol–water partition coefficient (Wildman–Crippen LogP) is 2.84. The monoisotopic (exact) mass is 438 g/mol. The summed E-state index contributed by atoms with van der Waals surface area (Å²) < 4.78 is 0. The molecule has 1 fully saturated rings. The lowest BCUT2D eigenvalue weighted by Crippen LogP contribution is -2.47. The molecule has 0 bridgehead atoms. The van der Waals surface area contributed by atoms with Gasteiger partial charge in [-0.1, -0.05) is 30.3 Å². The van der Waals surface area contributed by atoms with Gasteiger partial charge in [0.05, 0.1) is 11.4 Å². The lowest BCUT2D eigenvalue weighted by atomic mass is 10.2. The second-order valence-electron chi connectivity index (χ2n) is 7.92. The molecule has 1 saturated heterocycles. The lowest BCUT2D eigenvalue weighted by molar-refractivity contribution is -0.121. The number of benzene rings is 2. The molecular formula is C24H30N4O2S. The van der Waals surface area contributed by atoms with Crippen LogP contribution >= 0.6 is 11.8 Å². The summed E-state index contributed by atoms with van der Waals surface area (Å²) >= 11 is 1.56. The number of hydrogen-bond acceptors (Lipinski definition) is 5. The first-order valence-corrected chi connectivity index (χ1v) is 12.0. The van der Waals surface area contributed by atoms with Crippen molar-refractivity contribution in [3.05, 3.63) is 54.6 Å². The molecule has 0 unspecified atom stereocenters. The van der Waals surface area contributed by atoms with E-state index < -0.39 is 0 Å². The van der Waals surface area contributed by atoms with Gasteiger partial charge in [-0.25, -0.2) is 0 Å². The summed E-state index contributed by atoms with van der Waals surface area (Å²) in [5, 5.41) is 3.02. The second kappa shape index (κ2) is 10.7. The van der Waals surface area contributed by atoms with Gasteiger partial charge in [0.1, 0.15) is 0 Å². The van der Waals surface area contributed by atoms with E-state index in [4.69, 9.17) is 0 Å². The van der Waals surface area contributed by atoms with Crippen LogP contribution in [0.3, 0.4) is 0 Å². The topological polar surface area (TPSA) is 55.9 Å². The van der Waals surface area contributed by atoms with Gasteiger partial charge >= 0.3 is 0 Å². The van der Waals surface area contributed by atoms with Crippen molar-refractivity contribution in [1.82, 2.24) is 10.2 Å². The number of fused-ring (bicyclic) bond motifs is 1. The molecule has 4 rings (SSSR count). The Balaban J connectivity index is 1.12. The van der Waals surface area contributed by atoms with Crippen molar-refractivity contribution < 1.29 is 9.59 Å². The Morgan fingerprint density at radius 1 is 0.935 bits per heavy atom. The van der Waals surface area contributed by atoms with E-state index in [1.807, 2.05) is 24.3 Å².